The zero-order valence-electron chi connectivity index (χ0n) is 22.0. The van der Waals surface area contributed by atoms with Crippen LogP contribution in [-0.4, -0.2) is 61.9 Å². The van der Waals surface area contributed by atoms with E-state index in [1.54, 1.807) is 38.1 Å². The predicted octanol–water partition coefficient (Wildman–Crippen LogP) is 1.99. The third-order valence-electron chi connectivity index (χ3n) is 4.44. The highest BCUT2D eigenvalue weighted by molar-refractivity contribution is 7.36. The summed E-state index contributed by atoms with van der Waals surface area (Å²) in [5.41, 5.74) is -0.741. The third kappa shape index (κ3) is 14.7. The van der Waals surface area contributed by atoms with E-state index in [1.807, 2.05) is 6.07 Å². The van der Waals surface area contributed by atoms with Crippen LogP contribution in [-0.2, 0) is 23.4 Å². The van der Waals surface area contributed by atoms with E-state index in [-0.39, 0.29) is 18.8 Å². The average molecular weight is 559 g/mol. The van der Waals surface area contributed by atoms with Crippen molar-refractivity contribution in [1.29, 1.82) is 0 Å². The molecule has 13 nitrogen and oxygen atoms in total. The standard InChI is InChI=1S/C15H22N3O7P.C6H6O.C3H8O2/c1-8(2)24-14(20)9(3)18-26(22)23-7-10-4-5-12(25-10)11-6-16-15(21)17-13(11)19;7-6-4-2-1-3-5-6;1-3(2,4)5/h6,8-10,12H,4-5,7H2,1-3H3,(H2-,16,17,18,19,21,22);1-5,7H;4-5H,1-2H3/p+1/t9-,10?,12?;;/m1../s1. The molecule has 1 aromatic heterocycles. The molecule has 6 N–H and O–H groups in total. The van der Waals surface area contributed by atoms with Gasteiger partial charge in [0, 0.05) is 6.20 Å². The Morgan fingerprint density at radius 3 is 2.29 bits per heavy atom. The van der Waals surface area contributed by atoms with Crippen LogP contribution in [0.2, 0.25) is 0 Å². The number of hydrogen-bond donors (Lipinski definition) is 6. The molecule has 0 bridgehead atoms. The van der Waals surface area contributed by atoms with Crippen molar-refractivity contribution in [3.8, 4) is 5.75 Å². The van der Waals surface area contributed by atoms with Crippen LogP contribution in [0.1, 0.15) is 59.1 Å². The van der Waals surface area contributed by atoms with Crippen LogP contribution >= 0.6 is 8.18 Å². The predicted molar refractivity (Wildman–Crippen MR) is 139 cm³/mol. The van der Waals surface area contributed by atoms with Crippen molar-refractivity contribution in [3.63, 3.8) is 0 Å². The number of aromatic hydroxyl groups is 1. The second-order valence-electron chi connectivity index (χ2n) is 9.07. The van der Waals surface area contributed by atoms with E-state index >= 15 is 0 Å². The van der Waals surface area contributed by atoms with Gasteiger partial charge in [0.15, 0.2) is 5.79 Å². The normalized spacial score (nSPS) is 17.9. The summed E-state index contributed by atoms with van der Waals surface area (Å²) in [7, 11) is -2.27. The summed E-state index contributed by atoms with van der Waals surface area (Å²) < 4.78 is 27.8. The first-order chi connectivity index (χ1) is 17.7. The van der Waals surface area contributed by atoms with Gasteiger partial charge >= 0.3 is 19.8 Å². The van der Waals surface area contributed by atoms with E-state index in [9.17, 15) is 18.9 Å². The van der Waals surface area contributed by atoms with Gasteiger partial charge in [0.25, 0.3) is 5.56 Å². The van der Waals surface area contributed by atoms with Crippen LogP contribution in [0.5, 0.6) is 5.75 Å². The monoisotopic (exact) mass is 558 g/mol. The van der Waals surface area contributed by atoms with Crippen molar-refractivity contribution in [3.05, 3.63) is 62.9 Å². The minimum atomic E-state index is -2.27. The summed E-state index contributed by atoms with van der Waals surface area (Å²) in [5.74, 6) is -1.69. The van der Waals surface area contributed by atoms with E-state index < -0.39 is 43.3 Å². The third-order valence-corrected chi connectivity index (χ3v) is 5.42. The van der Waals surface area contributed by atoms with Gasteiger partial charge in [-0.1, -0.05) is 23.3 Å². The number of rotatable bonds is 8. The molecule has 1 aliphatic rings. The highest BCUT2D eigenvalue weighted by Gasteiger charge is 2.33. The van der Waals surface area contributed by atoms with Gasteiger partial charge in [0.1, 0.15) is 18.4 Å². The zero-order chi connectivity index (χ0) is 28.9. The lowest BCUT2D eigenvalue weighted by atomic mass is 10.1. The van der Waals surface area contributed by atoms with Gasteiger partial charge in [-0.2, -0.15) is 0 Å². The number of hydrogen-bond acceptors (Lipinski definition) is 10. The molecular weight excluding hydrogens is 521 g/mol. The lowest BCUT2D eigenvalue weighted by Crippen LogP contribution is -2.33. The van der Waals surface area contributed by atoms with Crippen molar-refractivity contribution in [2.45, 2.75) is 77.6 Å². The minimum Gasteiger partial charge on any atom is -0.508 e. The molecule has 2 aromatic rings. The maximum absolute atomic E-state index is 11.9. The van der Waals surface area contributed by atoms with Crippen LogP contribution in [0.25, 0.3) is 0 Å². The number of benzene rings is 1. The lowest BCUT2D eigenvalue weighted by molar-refractivity contribution is -0.149. The molecule has 212 valence electrons. The molecule has 3 unspecified atom stereocenters. The van der Waals surface area contributed by atoms with Gasteiger partial charge in [0.2, 0.25) is 0 Å². The second-order valence-corrected chi connectivity index (χ2v) is 10.1. The van der Waals surface area contributed by atoms with Crippen LogP contribution < -0.4 is 16.3 Å². The van der Waals surface area contributed by atoms with Crippen molar-refractivity contribution in [2.24, 2.45) is 0 Å². The molecule has 14 heteroatoms. The average Bonchev–Trinajstić information content (AvgIpc) is 3.26. The maximum Gasteiger partial charge on any atom is 0.613 e. The highest BCUT2D eigenvalue weighted by Crippen LogP contribution is 2.32. The Morgan fingerprint density at radius 2 is 1.79 bits per heavy atom. The summed E-state index contributed by atoms with van der Waals surface area (Å²) in [4.78, 5) is 39.0. The molecule has 3 rings (SSSR count). The minimum absolute atomic E-state index is 0.0475. The van der Waals surface area contributed by atoms with E-state index in [1.165, 1.54) is 27.0 Å². The number of aromatic amines is 2. The van der Waals surface area contributed by atoms with E-state index in [2.05, 4.69) is 15.1 Å². The molecule has 38 heavy (non-hydrogen) atoms. The topological polar surface area (TPSA) is 200 Å². The molecule has 0 radical (unpaired) electrons. The molecule has 1 fully saturated rings. The molecule has 0 aliphatic carbocycles. The molecule has 0 amide bonds. The van der Waals surface area contributed by atoms with Gasteiger partial charge in [-0.15, -0.1) is 4.52 Å². The van der Waals surface area contributed by atoms with Gasteiger partial charge in [-0.3, -0.25) is 14.6 Å². The number of carbonyl (C=O) groups excluding carboxylic acids is 1. The molecule has 1 saturated heterocycles. The van der Waals surface area contributed by atoms with E-state index in [0.29, 0.717) is 24.2 Å². The van der Waals surface area contributed by atoms with Crippen LogP contribution in [0.15, 0.2) is 46.1 Å². The quantitative estimate of drug-likeness (QED) is 0.157. The molecule has 1 aromatic carbocycles. The summed E-state index contributed by atoms with van der Waals surface area (Å²) in [5, 5.41) is 27.3. The molecule has 0 saturated carbocycles. The van der Waals surface area contributed by atoms with Crippen molar-refractivity contribution in [2.75, 3.05) is 6.61 Å². The van der Waals surface area contributed by atoms with Crippen LogP contribution in [0.4, 0.5) is 0 Å². The molecule has 0 spiro atoms. The van der Waals surface area contributed by atoms with Crippen molar-refractivity contribution >= 4 is 14.1 Å². The van der Waals surface area contributed by atoms with Gasteiger partial charge in [0.05, 0.1) is 23.9 Å². The fourth-order valence-electron chi connectivity index (χ4n) is 2.88. The number of para-hydroxylation sites is 1. The Morgan fingerprint density at radius 1 is 1.18 bits per heavy atom. The molecule has 4 atom stereocenters. The number of carbonyl (C=O) groups is 1. The number of esters is 1. The lowest BCUT2D eigenvalue weighted by Gasteiger charge is -2.11. The number of phenolic OH excluding ortho intramolecular Hbond substituents is 1. The number of phenols is 1. The first kappa shape index (κ1) is 33.1. The number of aromatic nitrogens is 2. The molecule has 1 aliphatic heterocycles. The highest BCUT2D eigenvalue weighted by atomic mass is 31.1. The number of H-pyrrole nitrogens is 2. The van der Waals surface area contributed by atoms with Crippen LogP contribution in [0.3, 0.4) is 0 Å². The Hall–Kier alpha value is -2.93. The van der Waals surface area contributed by atoms with E-state index in [0.717, 1.165) is 0 Å². The SMILES string of the molecule is CC(C)(O)O.CC(C)OC(=O)[C@@H](C)N[P+](=O)OCC1CCC(c2c[nH]c(=O)[nH]c2=O)O1.Oc1ccccc1. The maximum atomic E-state index is 11.9. The Bertz CT molecular complexity index is 1110. The zero-order valence-corrected chi connectivity index (χ0v) is 22.9. The summed E-state index contributed by atoms with van der Waals surface area (Å²) >= 11 is 0. The molecule has 2 heterocycles. The second kappa shape index (κ2) is 16.1. The van der Waals surface area contributed by atoms with Gasteiger partial charge in [-0.25, -0.2) is 4.79 Å². The van der Waals surface area contributed by atoms with Crippen molar-refractivity contribution < 1.29 is 38.7 Å². The summed E-state index contributed by atoms with van der Waals surface area (Å²) in [6.45, 7) is 7.63. The molecular formula is C24H37N3O10P+. The van der Waals surface area contributed by atoms with Crippen LogP contribution in [0, 0.1) is 0 Å². The summed E-state index contributed by atoms with van der Waals surface area (Å²) in [6, 6.07) is 7.95. The van der Waals surface area contributed by atoms with E-state index in [4.69, 9.17) is 29.3 Å². The Kier molecular flexibility index (Phi) is 14.0. The number of nitrogens with one attached hydrogen (secondary N) is 3. The van der Waals surface area contributed by atoms with Crippen molar-refractivity contribution in [1.82, 2.24) is 15.1 Å². The Labute approximate surface area is 221 Å². The largest absolute Gasteiger partial charge is 0.613 e. The fourth-order valence-corrected chi connectivity index (χ4v) is 3.68. The number of aliphatic hydroxyl groups is 2. The smallest absolute Gasteiger partial charge is 0.508 e. The number of ether oxygens (including phenoxy) is 2. The first-order valence-electron chi connectivity index (χ1n) is 11.9. The van der Waals surface area contributed by atoms with Gasteiger partial charge < -0.3 is 29.8 Å². The summed E-state index contributed by atoms with van der Waals surface area (Å²) in [6.07, 6.45) is 1.45. The van der Waals surface area contributed by atoms with Gasteiger partial charge in [-0.05, 0) is 64.2 Å². The Balaban J connectivity index is 0.000000493. The first-order valence-corrected chi connectivity index (χ1v) is 13.1. The fraction of sp³-hybridized carbons (Fsp3) is 0.542.